The first-order chi connectivity index (χ1) is 8.37. The van der Waals surface area contributed by atoms with Gasteiger partial charge in [-0.25, -0.2) is 0 Å². The molecule has 0 fully saturated rings. The monoisotopic (exact) mass is 312 g/mol. The minimum absolute atomic E-state index is 0.386. The van der Waals surface area contributed by atoms with Gasteiger partial charge in [-0.15, -0.1) is 11.6 Å². The van der Waals surface area contributed by atoms with Gasteiger partial charge in [-0.3, -0.25) is 0 Å². The fourth-order valence-corrected chi connectivity index (χ4v) is 1.46. The smallest absolute Gasteiger partial charge is 0.194 e. The second kappa shape index (κ2) is 4.81. The van der Waals surface area contributed by atoms with Gasteiger partial charge in [-0.2, -0.15) is 35.1 Å². The fourth-order valence-electron chi connectivity index (χ4n) is 1.19. The third-order valence-corrected chi connectivity index (χ3v) is 2.75. The maximum Gasteiger partial charge on any atom is 0.455 e. The molecule has 0 nitrogen and oxygen atoms in total. The van der Waals surface area contributed by atoms with Crippen LogP contribution in [-0.2, 0) is 6.18 Å². The summed E-state index contributed by atoms with van der Waals surface area (Å²) in [6.07, 6.45) is -10.6. The van der Waals surface area contributed by atoms with Crippen LogP contribution in [0.5, 0.6) is 0 Å². The Balaban J connectivity index is 3.06. The van der Waals surface area contributed by atoms with E-state index in [0.29, 0.717) is 24.3 Å². The molecule has 108 valence electrons. The van der Waals surface area contributed by atoms with Crippen molar-refractivity contribution in [2.75, 3.05) is 0 Å². The molecule has 1 unspecified atom stereocenters. The van der Waals surface area contributed by atoms with Gasteiger partial charge in [0.05, 0.1) is 5.56 Å². The molecule has 1 rings (SSSR count). The van der Waals surface area contributed by atoms with Gasteiger partial charge < -0.3 is 0 Å². The van der Waals surface area contributed by atoms with Crippen LogP contribution in [0, 0.1) is 0 Å². The summed E-state index contributed by atoms with van der Waals surface area (Å²) in [6.45, 7) is 0. The number of benzene rings is 1. The lowest BCUT2D eigenvalue weighted by molar-refractivity contribution is -0.283. The van der Waals surface area contributed by atoms with E-state index in [2.05, 4.69) is 0 Å². The van der Waals surface area contributed by atoms with Crippen LogP contribution < -0.4 is 0 Å². The normalized spacial score (nSPS) is 15.4. The van der Waals surface area contributed by atoms with Crippen LogP contribution in [0.15, 0.2) is 24.3 Å². The van der Waals surface area contributed by atoms with Crippen LogP contribution in [0.3, 0.4) is 0 Å². The van der Waals surface area contributed by atoms with Crippen molar-refractivity contribution in [2.45, 2.75) is 23.7 Å². The van der Waals surface area contributed by atoms with E-state index in [1.54, 1.807) is 0 Å². The van der Waals surface area contributed by atoms with Crippen LogP contribution in [0.2, 0.25) is 0 Å². The molecule has 19 heavy (non-hydrogen) atoms. The van der Waals surface area contributed by atoms with Gasteiger partial charge in [0.15, 0.2) is 0 Å². The van der Waals surface area contributed by atoms with Crippen LogP contribution in [0.25, 0.3) is 0 Å². The van der Waals surface area contributed by atoms with Gasteiger partial charge in [-0.1, -0.05) is 12.1 Å². The van der Waals surface area contributed by atoms with Gasteiger partial charge in [-0.05, 0) is 17.7 Å². The first-order valence-electron chi connectivity index (χ1n) is 4.63. The summed E-state index contributed by atoms with van der Waals surface area (Å²) in [5.41, 5.74) is -1.92. The highest BCUT2D eigenvalue weighted by Gasteiger charge is 2.62. The predicted molar refractivity (Wildman–Crippen MR) is 51.0 cm³/mol. The van der Waals surface area contributed by atoms with Crippen LogP contribution in [-0.4, -0.2) is 12.1 Å². The molecule has 9 heteroatoms. The number of alkyl halides is 9. The largest absolute Gasteiger partial charge is 0.455 e. The minimum atomic E-state index is -5.89. The SMILES string of the molecule is FC(F)(F)c1ccc(C(Cl)C(F)(F)C(F)(F)F)cc1. The highest BCUT2D eigenvalue weighted by atomic mass is 35.5. The Morgan fingerprint density at radius 1 is 0.789 bits per heavy atom. The predicted octanol–water partition coefficient (Wildman–Crippen LogP) is 5.18. The minimum Gasteiger partial charge on any atom is -0.194 e. The Morgan fingerprint density at radius 2 is 1.21 bits per heavy atom. The van der Waals surface area contributed by atoms with Crippen molar-refractivity contribution < 1.29 is 35.1 Å². The second-order valence-corrected chi connectivity index (χ2v) is 4.04. The molecule has 0 aliphatic heterocycles. The molecule has 1 atom stereocenters. The van der Waals surface area contributed by atoms with Crippen LogP contribution in [0.1, 0.15) is 16.5 Å². The third kappa shape index (κ3) is 3.29. The summed E-state index contributed by atoms with van der Waals surface area (Å²) in [5.74, 6) is -5.24. The molecule has 1 aromatic carbocycles. The van der Waals surface area contributed by atoms with E-state index in [-0.39, 0.29) is 0 Å². The van der Waals surface area contributed by atoms with E-state index in [4.69, 9.17) is 11.6 Å². The lowest BCUT2D eigenvalue weighted by Crippen LogP contribution is -2.40. The van der Waals surface area contributed by atoms with E-state index >= 15 is 0 Å². The maximum atomic E-state index is 12.9. The van der Waals surface area contributed by atoms with Crippen molar-refractivity contribution in [3.05, 3.63) is 35.4 Å². The lowest BCUT2D eigenvalue weighted by Gasteiger charge is -2.24. The van der Waals surface area contributed by atoms with Crippen molar-refractivity contribution in [1.82, 2.24) is 0 Å². The number of hydrogen-bond donors (Lipinski definition) is 0. The van der Waals surface area contributed by atoms with Crippen LogP contribution >= 0.6 is 11.6 Å². The maximum absolute atomic E-state index is 12.9. The zero-order chi connectivity index (χ0) is 15.1. The summed E-state index contributed by atoms with van der Waals surface area (Å²) < 4.78 is 98.3. The van der Waals surface area contributed by atoms with Gasteiger partial charge in [0.25, 0.3) is 0 Å². The molecule has 1 aromatic rings. The first-order valence-corrected chi connectivity index (χ1v) is 5.07. The highest BCUT2D eigenvalue weighted by molar-refractivity contribution is 6.21. The van der Waals surface area contributed by atoms with Crippen molar-refractivity contribution in [1.29, 1.82) is 0 Å². The summed E-state index contributed by atoms with van der Waals surface area (Å²) in [7, 11) is 0. The molecule has 0 N–H and O–H groups in total. The quantitative estimate of drug-likeness (QED) is 0.521. The average molecular weight is 313 g/mol. The average Bonchev–Trinajstić information content (AvgIpc) is 2.25. The topological polar surface area (TPSA) is 0 Å². The lowest BCUT2D eigenvalue weighted by atomic mass is 10.0. The Bertz CT molecular complexity index is 430. The standard InChI is InChI=1S/C10H5ClF8/c11-7(8(12,13)10(17,18)19)5-1-3-6(4-2-5)9(14,15)16/h1-4,7H. The molecule has 0 amide bonds. The van der Waals surface area contributed by atoms with Crippen molar-refractivity contribution in [3.63, 3.8) is 0 Å². The van der Waals surface area contributed by atoms with Gasteiger partial charge in [0, 0.05) is 0 Å². The molecule has 0 aliphatic carbocycles. The van der Waals surface area contributed by atoms with E-state index < -0.39 is 34.8 Å². The molecule has 0 saturated carbocycles. The third-order valence-electron chi connectivity index (χ3n) is 2.23. The zero-order valence-corrected chi connectivity index (χ0v) is 9.54. The molecular weight excluding hydrogens is 308 g/mol. The van der Waals surface area contributed by atoms with E-state index in [1.807, 2.05) is 0 Å². The molecule has 0 aromatic heterocycles. The molecule has 0 saturated heterocycles. The van der Waals surface area contributed by atoms with Gasteiger partial charge >= 0.3 is 18.3 Å². The summed E-state index contributed by atoms with van der Waals surface area (Å²) >= 11 is 5.00. The zero-order valence-electron chi connectivity index (χ0n) is 8.79. The molecular formula is C10H5ClF8. The van der Waals surface area contributed by atoms with Crippen molar-refractivity contribution in [3.8, 4) is 0 Å². The Kier molecular flexibility index (Phi) is 4.05. The number of hydrogen-bond acceptors (Lipinski definition) is 0. The molecule has 0 spiro atoms. The molecule has 0 radical (unpaired) electrons. The van der Waals surface area contributed by atoms with Gasteiger partial charge in [0.2, 0.25) is 0 Å². The van der Waals surface area contributed by atoms with E-state index in [0.717, 1.165) is 0 Å². The fraction of sp³-hybridized carbons (Fsp3) is 0.400. The van der Waals surface area contributed by atoms with E-state index in [9.17, 15) is 35.1 Å². The number of halogens is 9. The molecule has 0 aliphatic rings. The molecule has 0 bridgehead atoms. The molecule has 0 heterocycles. The summed E-state index contributed by atoms with van der Waals surface area (Å²) in [5, 5.41) is -2.80. The second-order valence-electron chi connectivity index (χ2n) is 3.60. The number of rotatable bonds is 2. The Hall–Kier alpha value is -1.05. The van der Waals surface area contributed by atoms with Gasteiger partial charge in [0.1, 0.15) is 5.38 Å². The van der Waals surface area contributed by atoms with E-state index in [1.165, 1.54) is 0 Å². The summed E-state index contributed by atoms with van der Waals surface area (Å²) in [4.78, 5) is 0. The van der Waals surface area contributed by atoms with Crippen molar-refractivity contribution >= 4 is 11.6 Å². The summed E-state index contributed by atoms with van der Waals surface area (Å²) in [6, 6.07) is 1.74. The first kappa shape index (κ1) is 16.0. The Labute approximate surface area is 107 Å². The highest BCUT2D eigenvalue weighted by Crippen LogP contribution is 2.48. The van der Waals surface area contributed by atoms with Crippen LogP contribution in [0.4, 0.5) is 35.1 Å². The Morgan fingerprint density at radius 3 is 1.53 bits per heavy atom. The van der Waals surface area contributed by atoms with Crippen molar-refractivity contribution in [2.24, 2.45) is 0 Å².